The highest BCUT2D eigenvalue weighted by Gasteiger charge is 2.16. The summed E-state index contributed by atoms with van der Waals surface area (Å²) >= 11 is 0. The van der Waals surface area contributed by atoms with Gasteiger partial charge in [-0.15, -0.1) is 0 Å². The number of carbonyl (C=O) groups is 1. The van der Waals surface area contributed by atoms with Crippen molar-refractivity contribution >= 4 is 5.91 Å². The van der Waals surface area contributed by atoms with Gasteiger partial charge in [-0.2, -0.15) is 0 Å². The third kappa shape index (κ3) is 14.7. The highest BCUT2D eigenvalue weighted by molar-refractivity contribution is 5.76. The molecule has 4 heteroatoms. The van der Waals surface area contributed by atoms with E-state index in [1.165, 1.54) is 51.4 Å². The molecule has 0 radical (unpaired) electrons. The first-order valence-electron chi connectivity index (χ1n) is 9.61. The average Bonchev–Trinajstić information content (AvgIpc) is 2.47. The Hall–Kier alpha value is -0.610. The van der Waals surface area contributed by atoms with Crippen molar-refractivity contribution < 1.29 is 15.0 Å². The molecule has 0 aliphatic rings. The van der Waals surface area contributed by atoms with Crippen LogP contribution in [0, 0.1) is 0 Å². The summed E-state index contributed by atoms with van der Waals surface area (Å²) in [7, 11) is 0. The molecule has 0 saturated heterocycles. The van der Waals surface area contributed by atoms with E-state index in [0.29, 0.717) is 19.5 Å². The van der Waals surface area contributed by atoms with E-state index in [0.717, 1.165) is 12.8 Å². The van der Waals surface area contributed by atoms with Gasteiger partial charge >= 0.3 is 0 Å². The summed E-state index contributed by atoms with van der Waals surface area (Å²) in [5, 5.41) is 18.9. The van der Waals surface area contributed by atoms with Crippen LogP contribution in [0.3, 0.4) is 0 Å². The molecule has 0 aliphatic heterocycles. The number of rotatable bonds is 15. The lowest BCUT2D eigenvalue weighted by atomic mass is 10.1. The minimum absolute atomic E-state index is 0.0476. The normalized spacial score (nSPS) is 13.8. The predicted molar refractivity (Wildman–Crippen MR) is 96.4 cm³/mol. The molecule has 138 valence electrons. The van der Waals surface area contributed by atoms with E-state index >= 15 is 0 Å². The summed E-state index contributed by atoms with van der Waals surface area (Å²) in [6, 6.07) is 0. The largest absolute Gasteiger partial charge is 0.392 e. The molecule has 1 amide bonds. The quantitative estimate of drug-likeness (QED) is 0.448. The highest BCUT2D eigenvalue weighted by atomic mass is 16.3. The van der Waals surface area contributed by atoms with Crippen molar-refractivity contribution in [3.05, 3.63) is 0 Å². The van der Waals surface area contributed by atoms with Gasteiger partial charge in [0.05, 0.1) is 12.2 Å². The number of carbonyl (C=O) groups excluding carboxylic acids is 1. The van der Waals surface area contributed by atoms with Gasteiger partial charge in [0.25, 0.3) is 0 Å². The number of hydrogen-bond donors (Lipinski definition) is 2. The van der Waals surface area contributed by atoms with E-state index in [-0.39, 0.29) is 5.91 Å². The van der Waals surface area contributed by atoms with Crippen molar-refractivity contribution in [2.45, 2.75) is 104 Å². The van der Waals surface area contributed by atoms with E-state index in [9.17, 15) is 15.0 Å². The second-order valence-corrected chi connectivity index (χ2v) is 6.93. The molecule has 4 nitrogen and oxygen atoms in total. The van der Waals surface area contributed by atoms with Crippen LogP contribution in [0.25, 0.3) is 0 Å². The highest BCUT2D eigenvalue weighted by Crippen LogP contribution is 2.12. The van der Waals surface area contributed by atoms with Crippen LogP contribution < -0.4 is 0 Å². The van der Waals surface area contributed by atoms with Gasteiger partial charge in [0, 0.05) is 19.5 Å². The number of nitrogens with zero attached hydrogens (tertiary/aromatic N) is 1. The molecule has 0 aromatic rings. The van der Waals surface area contributed by atoms with Crippen LogP contribution >= 0.6 is 0 Å². The predicted octanol–water partition coefficient (Wildman–Crippen LogP) is 3.89. The SMILES string of the molecule is CCCCCCCCCCCCC(=O)N(CC(C)O)CC(C)O. The number of amides is 1. The summed E-state index contributed by atoms with van der Waals surface area (Å²) in [6.07, 6.45) is 11.9. The molecule has 0 fully saturated rings. The van der Waals surface area contributed by atoms with Crippen LogP contribution in [0.1, 0.15) is 91.4 Å². The minimum Gasteiger partial charge on any atom is -0.392 e. The van der Waals surface area contributed by atoms with Gasteiger partial charge in [0.1, 0.15) is 0 Å². The minimum atomic E-state index is -0.551. The topological polar surface area (TPSA) is 60.8 Å². The summed E-state index contributed by atoms with van der Waals surface area (Å²) < 4.78 is 0. The Kier molecular flexibility index (Phi) is 14.6. The molecule has 2 N–H and O–H groups in total. The molecule has 0 spiro atoms. The third-order valence-corrected chi connectivity index (χ3v) is 4.07. The van der Waals surface area contributed by atoms with Gasteiger partial charge in [-0.25, -0.2) is 0 Å². The smallest absolute Gasteiger partial charge is 0.222 e. The zero-order chi connectivity index (χ0) is 17.5. The third-order valence-electron chi connectivity index (χ3n) is 4.07. The van der Waals surface area contributed by atoms with Gasteiger partial charge in [0.2, 0.25) is 5.91 Å². The molecule has 23 heavy (non-hydrogen) atoms. The maximum absolute atomic E-state index is 12.2. The summed E-state index contributed by atoms with van der Waals surface area (Å²) in [5.74, 6) is 0.0476. The fourth-order valence-electron chi connectivity index (χ4n) is 2.84. The van der Waals surface area contributed by atoms with Crippen LogP contribution in [0.5, 0.6) is 0 Å². The molecular formula is C19H39NO3. The van der Waals surface area contributed by atoms with E-state index in [2.05, 4.69) is 6.92 Å². The van der Waals surface area contributed by atoms with E-state index < -0.39 is 12.2 Å². The van der Waals surface area contributed by atoms with Crippen molar-refractivity contribution in [1.82, 2.24) is 4.90 Å². The summed E-state index contributed by atoms with van der Waals surface area (Å²) in [4.78, 5) is 13.7. The monoisotopic (exact) mass is 329 g/mol. The molecule has 0 heterocycles. The zero-order valence-electron chi connectivity index (χ0n) is 15.6. The molecule has 0 bridgehead atoms. The fraction of sp³-hybridized carbons (Fsp3) is 0.947. The number of hydrogen-bond acceptors (Lipinski definition) is 3. The summed E-state index contributed by atoms with van der Waals surface area (Å²) in [5.41, 5.74) is 0. The van der Waals surface area contributed by atoms with Crippen LogP contribution in [-0.2, 0) is 4.79 Å². The van der Waals surface area contributed by atoms with Crippen molar-refractivity contribution in [1.29, 1.82) is 0 Å². The molecule has 0 saturated carbocycles. The van der Waals surface area contributed by atoms with Crippen molar-refractivity contribution in [3.8, 4) is 0 Å². The standard InChI is InChI=1S/C19H39NO3/c1-4-5-6-7-8-9-10-11-12-13-14-19(23)20(15-17(2)21)16-18(3)22/h17-18,21-22H,4-16H2,1-3H3. The number of unbranched alkanes of at least 4 members (excludes halogenated alkanes) is 9. The first-order chi connectivity index (χ1) is 11.0. The van der Waals surface area contributed by atoms with E-state index in [1.54, 1.807) is 18.7 Å². The number of aliphatic hydroxyl groups excluding tert-OH is 2. The maximum Gasteiger partial charge on any atom is 0.222 e. The lowest BCUT2D eigenvalue weighted by molar-refractivity contribution is -0.134. The number of aliphatic hydroxyl groups is 2. The zero-order valence-corrected chi connectivity index (χ0v) is 15.6. The lowest BCUT2D eigenvalue weighted by Gasteiger charge is -2.25. The van der Waals surface area contributed by atoms with Crippen LogP contribution in [-0.4, -0.2) is 46.3 Å². The maximum atomic E-state index is 12.2. The van der Waals surface area contributed by atoms with Crippen LogP contribution in [0.15, 0.2) is 0 Å². The van der Waals surface area contributed by atoms with Gasteiger partial charge in [-0.3, -0.25) is 4.79 Å². The summed E-state index contributed by atoms with van der Waals surface area (Å²) in [6.45, 7) is 6.19. The Labute approximate surface area is 143 Å². The van der Waals surface area contributed by atoms with Crippen molar-refractivity contribution in [2.24, 2.45) is 0 Å². The second-order valence-electron chi connectivity index (χ2n) is 6.93. The first kappa shape index (κ1) is 22.4. The van der Waals surface area contributed by atoms with Crippen LogP contribution in [0.4, 0.5) is 0 Å². The molecule has 0 rings (SSSR count). The molecule has 2 unspecified atom stereocenters. The van der Waals surface area contributed by atoms with Crippen molar-refractivity contribution in [2.75, 3.05) is 13.1 Å². The first-order valence-corrected chi connectivity index (χ1v) is 9.61. The molecular weight excluding hydrogens is 290 g/mol. The molecule has 0 aromatic heterocycles. The Bertz CT molecular complexity index is 270. The van der Waals surface area contributed by atoms with E-state index in [4.69, 9.17) is 0 Å². The van der Waals surface area contributed by atoms with Crippen molar-refractivity contribution in [3.63, 3.8) is 0 Å². The Balaban J connectivity index is 3.66. The van der Waals surface area contributed by atoms with Gasteiger partial charge in [-0.05, 0) is 20.3 Å². The Morgan fingerprint density at radius 1 is 0.783 bits per heavy atom. The average molecular weight is 330 g/mol. The fourth-order valence-corrected chi connectivity index (χ4v) is 2.84. The molecule has 0 aliphatic carbocycles. The van der Waals surface area contributed by atoms with E-state index in [1.807, 2.05) is 0 Å². The lowest BCUT2D eigenvalue weighted by Crippen LogP contribution is -2.40. The molecule has 2 atom stereocenters. The van der Waals surface area contributed by atoms with Gasteiger partial charge in [0.15, 0.2) is 0 Å². The Morgan fingerprint density at radius 3 is 1.57 bits per heavy atom. The Morgan fingerprint density at radius 2 is 1.17 bits per heavy atom. The van der Waals surface area contributed by atoms with Gasteiger partial charge in [-0.1, -0.05) is 64.7 Å². The van der Waals surface area contributed by atoms with Gasteiger partial charge < -0.3 is 15.1 Å². The second kappa shape index (κ2) is 14.9. The van der Waals surface area contributed by atoms with Crippen LogP contribution in [0.2, 0.25) is 0 Å². The molecule has 0 aromatic carbocycles.